The van der Waals surface area contributed by atoms with Crippen LogP contribution in [0.5, 0.6) is 11.5 Å². The molecule has 0 aromatic heterocycles. The second-order valence-corrected chi connectivity index (χ2v) is 6.69. The van der Waals surface area contributed by atoms with Crippen LogP contribution in [0.1, 0.15) is 12.5 Å². The quantitative estimate of drug-likeness (QED) is 0.679. The molecule has 5 nitrogen and oxygen atoms in total. The molecule has 5 heteroatoms. The van der Waals surface area contributed by atoms with Crippen molar-refractivity contribution >= 4 is 11.6 Å². The second kappa shape index (κ2) is 8.15. The van der Waals surface area contributed by atoms with E-state index in [0.717, 1.165) is 33.9 Å². The number of fused-ring (bicyclic) bond motifs is 1. The van der Waals surface area contributed by atoms with Crippen molar-refractivity contribution in [2.24, 2.45) is 0 Å². The lowest BCUT2D eigenvalue weighted by Gasteiger charge is -2.16. The normalized spacial score (nSPS) is 13.2. The monoisotopic (exact) mass is 374 g/mol. The predicted molar refractivity (Wildman–Crippen MR) is 109 cm³/mol. The molecule has 2 N–H and O–H groups in total. The van der Waals surface area contributed by atoms with Crippen molar-refractivity contribution < 1.29 is 14.3 Å². The number of carbonyl (C=O) groups is 1. The van der Waals surface area contributed by atoms with Crippen molar-refractivity contribution in [2.75, 3.05) is 12.1 Å². The average molecular weight is 374 g/mol. The minimum atomic E-state index is -0.353. The van der Waals surface area contributed by atoms with Crippen LogP contribution >= 0.6 is 0 Å². The van der Waals surface area contributed by atoms with Gasteiger partial charge in [0.2, 0.25) is 12.7 Å². The number of carbonyl (C=O) groups excluding carboxylic acids is 1. The lowest BCUT2D eigenvalue weighted by molar-refractivity contribution is -0.117. The summed E-state index contributed by atoms with van der Waals surface area (Å²) in [4.78, 5) is 12.7. The largest absolute Gasteiger partial charge is 0.454 e. The van der Waals surface area contributed by atoms with E-state index in [-0.39, 0.29) is 18.7 Å². The van der Waals surface area contributed by atoms with E-state index in [9.17, 15) is 4.79 Å². The zero-order valence-corrected chi connectivity index (χ0v) is 15.6. The van der Waals surface area contributed by atoms with Gasteiger partial charge in [-0.3, -0.25) is 4.79 Å². The highest BCUT2D eigenvalue weighted by atomic mass is 16.7. The van der Waals surface area contributed by atoms with Gasteiger partial charge in [-0.2, -0.15) is 0 Å². The van der Waals surface area contributed by atoms with Crippen LogP contribution < -0.4 is 20.1 Å². The summed E-state index contributed by atoms with van der Waals surface area (Å²) < 4.78 is 10.7. The van der Waals surface area contributed by atoms with Crippen LogP contribution in [0.25, 0.3) is 11.1 Å². The second-order valence-electron chi connectivity index (χ2n) is 6.69. The SMILES string of the molecule is C[C@H](NCc1ccc2c(c1)OCO2)C(=O)Nc1ccccc1-c1ccccc1. The summed E-state index contributed by atoms with van der Waals surface area (Å²) in [5.74, 6) is 1.42. The molecule has 3 aromatic rings. The summed E-state index contributed by atoms with van der Waals surface area (Å²) in [6.07, 6.45) is 0. The molecule has 0 spiro atoms. The third-order valence-electron chi connectivity index (χ3n) is 4.71. The molecule has 1 aliphatic rings. The van der Waals surface area contributed by atoms with Gasteiger partial charge in [0, 0.05) is 17.8 Å². The fraction of sp³-hybridized carbons (Fsp3) is 0.174. The first kappa shape index (κ1) is 18.1. The van der Waals surface area contributed by atoms with Crippen LogP contribution in [0.15, 0.2) is 72.8 Å². The van der Waals surface area contributed by atoms with Crippen molar-refractivity contribution in [1.29, 1.82) is 0 Å². The van der Waals surface area contributed by atoms with Gasteiger partial charge in [-0.25, -0.2) is 0 Å². The van der Waals surface area contributed by atoms with Crippen molar-refractivity contribution in [1.82, 2.24) is 5.32 Å². The van der Waals surface area contributed by atoms with Gasteiger partial charge < -0.3 is 20.1 Å². The first-order chi connectivity index (χ1) is 13.7. The van der Waals surface area contributed by atoms with Crippen LogP contribution in [-0.4, -0.2) is 18.7 Å². The zero-order chi connectivity index (χ0) is 19.3. The molecule has 0 fully saturated rings. The maximum absolute atomic E-state index is 12.7. The standard InChI is InChI=1S/C23H22N2O3/c1-16(24-14-17-11-12-21-22(13-17)28-15-27-21)23(26)25-20-10-6-5-9-19(20)18-7-3-2-4-8-18/h2-13,16,24H,14-15H2,1H3,(H,25,26)/t16-/m0/s1. The zero-order valence-electron chi connectivity index (χ0n) is 15.6. The van der Waals surface area contributed by atoms with Crippen molar-refractivity contribution in [3.8, 4) is 22.6 Å². The van der Waals surface area contributed by atoms with Crippen molar-refractivity contribution in [3.63, 3.8) is 0 Å². The summed E-state index contributed by atoms with van der Waals surface area (Å²) in [5, 5.41) is 6.30. The highest BCUT2D eigenvalue weighted by molar-refractivity contribution is 5.98. The van der Waals surface area contributed by atoms with E-state index in [1.807, 2.05) is 79.7 Å². The average Bonchev–Trinajstić information content (AvgIpc) is 3.21. The maximum atomic E-state index is 12.7. The smallest absolute Gasteiger partial charge is 0.241 e. The number of nitrogens with one attached hydrogen (secondary N) is 2. The molecular formula is C23H22N2O3. The van der Waals surface area contributed by atoms with Crippen LogP contribution in [0.4, 0.5) is 5.69 Å². The first-order valence-corrected chi connectivity index (χ1v) is 9.28. The van der Waals surface area contributed by atoms with Crippen LogP contribution in [0.3, 0.4) is 0 Å². The van der Waals surface area contributed by atoms with Crippen LogP contribution in [-0.2, 0) is 11.3 Å². The molecule has 1 heterocycles. The Labute approximate surface area is 164 Å². The number of anilines is 1. The lowest BCUT2D eigenvalue weighted by Crippen LogP contribution is -2.37. The number of benzene rings is 3. The highest BCUT2D eigenvalue weighted by Crippen LogP contribution is 2.32. The Morgan fingerprint density at radius 2 is 1.71 bits per heavy atom. The Kier molecular flexibility index (Phi) is 5.26. The van der Waals surface area contributed by atoms with Gasteiger partial charge in [-0.1, -0.05) is 54.6 Å². The Bertz CT molecular complexity index is 973. The molecule has 0 unspecified atom stereocenters. The third kappa shape index (κ3) is 4.00. The molecule has 142 valence electrons. The summed E-state index contributed by atoms with van der Waals surface area (Å²) in [7, 11) is 0. The molecule has 0 bridgehead atoms. The fourth-order valence-electron chi connectivity index (χ4n) is 3.12. The minimum Gasteiger partial charge on any atom is -0.454 e. The van der Waals surface area contributed by atoms with E-state index in [1.54, 1.807) is 0 Å². The number of ether oxygens (including phenoxy) is 2. The molecule has 0 saturated carbocycles. The van der Waals surface area contributed by atoms with E-state index in [0.29, 0.717) is 6.54 Å². The van der Waals surface area contributed by atoms with Gasteiger partial charge in [0.1, 0.15) is 0 Å². The van der Waals surface area contributed by atoms with Gasteiger partial charge in [-0.05, 0) is 36.2 Å². The molecular weight excluding hydrogens is 352 g/mol. The Balaban J connectivity index is 1.40. The van der Waals surface area contributed by atoms with Crippen molar-refractivity contribution in [2.45, 2.75) is 19.5 Å². The minimum absolute atomic E-state index is 0.0795. The lowest BCUT2D eigenvalue weighted by atomic mass is 10.0. The van der Waals surface area contributed by atoms with Gasteiger partial charge in [0.25, 0.3) is 0 Å². The van der Waals surface area contributed by atoms with Gasteiger partial charge in [0.05, 0.1) is 6.04 Å². The third-order valence-corrected chi connectivity index (χ3v) is 4.71. The predicted octanol–water partition coefficient (Wildman–Crippen LogP) is 4.20. The van der Waals surface area contributed by atoms with E-state index in [1.165, 1.54) is 0 Å². The maximum Gasteiger partial charge on any atom is 0.241 e. The number of amides is 1. The van der Waals surface area contributed by atoms with E-state index >= 15 is 0 Å². The Morgan fingerprint density at radius 3 is 2.57 bits per heavy atom. The molecule has 1 atom stereocenters. The molecule has 0 radical (unpaired) electrons. The van der Waals surface area contributed by atoms with Gasteiger partial charge in [0.15, 0.2) is 11.5 Å². The van der Waals surface area contributed by atoms with E-state index in [4.69, 9.17) is 9.47 Å². The molecule has 1 aliphatic heterocycles. The van der Waals surface area contributed by atoms with Crippen LogP contribution in [0.2, 0.25) is 0 Å². The number of hydrogen-bond donors (Lipinski definition) is 2. The summed E-state index contributed by atoms with van der Waals surface area (Å²) >= 11 is 0. The molecule has 4 rings (SSSR count). The Hall–Kier alpha value is -3.31. The molecule has 28 heavy (non-hydrogen) atoms. The first-order valence-electron chi connectivity index (χ1n) is 9.28. The number of para-hydroxylation sites is 1. The van der Waals surface area contributed by atoms with Gasteiger partial charge >= 0.3 is 0 Å². The van der Waals surface area contributed by atoms with E-state index in [2.05, 4.69) is 10.6 Å². The number of rotatable bonds is 6. The molecule has 0 saturated heterocycles. The topological polar surface area (TPSA) is 59.6 Å². The molecule has 3 aromatic carbocycles. The van der Waals surface area contributed by atoms with E-state index < -0.39 is 0 Å². The summed E-state index contributed by atoms with van der Waals surface area (Å²) in [6.45, 7) is 2.67. The number of hydrogen-bond acceptors (Lipinski definition) is 4. The molecule has 0 aliphatic carbocycles. The van der Waals surface area contributed by atoms with Crippen molar-refractivity contribution in [3.05, 3.63) is 78.4 Å². The van der Waals surface area contributed by atoms with Gasteiger partial charge in [-0.15, -0.1) is 0 Å². The highest BCUT2D eigenvalue weighted by Gasteiger charge is 2.16. The summed E-state index contributed by atoms with van der Waals surface area (Å²) in [5.41, 5.74) is 3.91. The fourth-order valence-corrected chi connectivity index (χ4v) is 3.12. The summed E-state index contributed by atoms with van der Waals surface area (Å²) in [6, 6.07) is 23.3. The Morgan fingerprint density at radius 1 is 0.964 bits per heavy atom. The van der Waals surface area contributed by atoms with Crippen LogP contribution in [0, 0.1) is 0 Å². The molecule has 1 amide bonds.